The molecule has 3 rings (SSSR count). The average molecular weight is 233 g/mol. The van der Waals surface area contributed by atoms with E-state index in [0.717, 1.165) is 32.8 Å². The Morgan fingerprint density at radius 1 is 1.25 bits per heavy atom. The molecule has 3 heterocycles. The van der Waals surface area contributed by atoms with Gasteiger partial charge in [-0.3, -0.25) is 0 Å². The van der Waals surface area contributed by atoms with E-state index >= 15 is 0 Å². The topological polar surface area (TPSA) is 30.9 Å². The molecule has 12 heavy (non-hydrogen) atoms. The van der Waals surface area contributed by atoms with Crippen LogP contribution in [0.1, 0.15) is 6.92 Å². The van der Waals surface area contributed by atoms with Crippen LogP contribution >= 0.6 is 0 Å². The van der Waals surface area contributed by atoms with Gasteiger partial charge in [-0.15, -0.1) is 0 Å². The first kappa shape index (κ1) is 8.96. The molecule has 0 aromatic carbocycles. The average Bonchev–Trinajstić information content (AvgIpc) is 1.91. The zero-order valence-electron chi connectivity index (χ0n) is 7.28. The molecule has 0 aromatic rings. The van der Waals surface area contributed by atoms with Gasteiger partial charge >= 0.3 is 77.4 Å². The molecule has 0 saturated carbocycles. The monoisotopic (exact) mass is 234 g/mol. The molecular weight excluding hydrogens is 219 g/mol. The van der Waals surface area contributed by atoms with Crippen molar-refractivity contribution in [3.8, 4) is 0 Å². The van der Waals surface area contributed by atoms with Gasteiger partial charge in [0, 0.05) is 0 Å². The van der Waals surface area contributed by atoms with Crippen molar-refractivity contribution in [3.63, 3.8) is 0 Å². The van der Waals surface area contributed by atoms with Crippen LogP contribution in [0.3, 0.4) is 0 Å². The second-order valence-corrected chi connectivity index (χ2v) is 5.93. The molecule has 2 bridgehead atoms. The van der Waals surface area contributed by atoms with Crippen molar-refractivity contribution < 1.29 is 11.3 Å². The van der Waals surface area contributed by atoms with Crippen LogP contribution in [0.25, 0.3) is 0 Å². The predicted octanol–water partition coefficient (Wildman–Crippen LogP) is -0.261. The van der Waals surface area contributed by atoms with Crippen LogP contribution in [0, 0.1) is 0 Å². The summed E-state index contributed by atoms with van der Waals surface area (Å²) in [6.07, 6.45) is 0.278. The molecule has 0 aliphatic carbocycles. The molecule has 3 aliphatic rings. The maximum absolute atomic E-state index is 5.64. The number of nitrogens with zero attached hydrogens (tertiary/aromatic N) is 1. The summed E-state index contributed by atoms with van der Waals surface area (Å²) >= 11 is -2.01. The van der Waals surface area contributed by atoms with Crippen LogP contribution in [0.2, 0.25) is 0 Å². The number of hydrogen-bond acceptors (Lipinski definition) is 4. The molecule has 0 N–H and O–H groups in total. The van der Waals surface area contributed by atoms with E-state index in [4.69, 9.17) is 11.3 Å². The van der Waals surface area contributed by atoms with Crippen molar-refractivity contribution in [1.82, 2.24) is 4.90 Å². The van der Waals surface area contributed by atoms with Gasteiger partial charge in [-0.1, -0.05) is 0 Å². The molecule has 0 amide bonds. The van der Waals surface area contributed by atoms with Crippen molar-refractivity contribution in [2.75, 3.05) is 32.8 Å². The molecule has 1 radical (unpaired) electrons. The first-order chi connectivity index (χ1) is 5.84. The summed E-state index contributed by atoms with van der Waals surface area (Å²) in [5.41, 5.74) is 0. The zero-order chi connectivity index (χ0) is 8.39. The molecule has 1 atom stereocenters. The van der Waals surface area contributed by atoms with Gasteiger partial charge in [-0.25, -0.2) is 0 Å². The van der Waals surface area contributed by atoms with E-state index in [9.17, 15) is 0 Å². The van der Waals surface area contributed by atoms with Crippen LogP contribution in [0.4, 0.5) is 0 Å². The molecule has 4 nitrogen and oxygen atoms in total. The number of fused-ring (bicyclic) bond motifs is 6. The fraction of sp³-hybridized carbons (Fsp3) is 1.00. The van der Waals surface area contributed by atoms with Gasteiger partial charge in [0.25, 0.3) is 0 Å². The van der Waals surface area contributed by atoms with Crippen molar-refractivity contribution in [2.24, 2.45) is 0 Å². The summed E-state index contributed by atoms with van der Waals surface area (Å²) in [6.45, 7) is 6.75. The van der Waals surface area contributed by atoms with E-state index in [0.29, 0.717) is 0 Å². The van der Waals surface area contributed by atoms with Crippen LogP contribution in [0.15, 0.2) is 0 Å². The second kappa shape index (κ2) is 4.06. The fourth-order valence-electron chi connectivity index (χ4n) is 1.49. The standard InChI is InChI=1S/C7H14GeNO3/c1-7-6-9-2-4-10-8(12-7)11-5-3-9/h7H,2-6H2,1H3. The van der Waals surface area contributed by atoms with E-state index in [1.807, 2.05) is 0 Å². The third-order valence-corrected chi connectivity index (χ3v) is 5.16. The van der Waals surface area contributed by atoms with Gasteiger partial charge in [0.15, 0.2) is 0 Å². The zero-order valence-corrected chi connectivity index (χ0v) is 9.38. The Morgan fingerprint density at radius 2 is 1.92 bits per heavy atom. The Labute approximate surface area is 77.9 Å². The maximum atomic E-state index is 5.64. The molecule has 3 fully saturated rings. The fourth-order valence-corrected chi connectivity index (χ4v) is 3.87. The normalized spacial score (nSPS) is 38.8. The van der Waals surface area contributed by atoms with Crippen LogP contribution in [-0.2, 0) is 11.3 Å². The first-order valence-electron chi connectivity index (χ1n) is 4.36. The van der Waals surface area contributed by atoms with Crippen LogP contribution < -0.4 is 0 Å². The molecule has 3 saturated heterocycles. The van der Waals surface area contributed by atoms with E-state index in [1.165, 1.54) is 0 Å². The Balaban J connectivity index is 2.01. The van der Waals surface area contributed by atoms with Crippen molar-refractivity contribution in [2.45, 2.75) is 13.0 Å². The molecule has 3 aliphatic heterocycles. The third kappa shape index (κ3) is 2.20. The van der Waals surface area contributed by atoms with Crippen LogP contribution in [-0.4, -0.2) is 59.2 Å². The third-order valence-electron chi connectivity index (χ3n) is 2.07. The summed E-state index contributed by atoms with van der Waals surface area (Å²) in [7, 11) is 0. The molecule has 69 valence electrons. The summed E-state index contributed by atoms with van der Waals surface area (Å²) < 4.78 is 16.7. The van der Waals surface area contributed by atoms with Gasteiger partial charge in [-0.2, -0.15) is 0 Å². The van der Waals surface area contributed by atoms with E-state index in [-0.39, 0.29) is 6.10 Å². The molecule has 5 heteroatoms. The molecule has 1 unspecified atom stereocenters. The predicted molar refractivity (Wildman–Crippen MR) is 44.6 cm³/mol. The van der Waals surface area contributed by atoms with Crippen molar-refractivity contribution in [3.05, 3.63) is 0 Å². The van der Waals surface area contributed by atoms with Crippen molar-refractivity contribution >= 4 is 15.4 Å². The van der Waals surface area contributed by atoms with E-state index in [2.05, 4.69) is 11.8 Å². The Morgan fingerprint density at radius 3 is 2.58 bits per heavy atom. The summed E-state index contributed by atoms with van der Waals surface area (Å²) in [4.78, 5) is 2.33. The van der Waals surface area contributed by atoms with E-state index < -0.39 is 15.4 Å². The Hall–Kier alpha value is 0.383. The van der Waals surface area contributed by atoms with Crippen LogP contribution in [0.5, 0.6) is 0 Å². The quantitative estimate of drug-likeness (QED) is 0.539. The molecule has 0 aromatic heterocycles. The number of rotatable bonds is 0. The molecular formula is C7H14GeNO3. The minimum atomic E-state index is -2.01. The SMILES string of the molecule is CC1CN2CC[O][Ge]([O]CC2)[O]1. The summed E-state index contributed by atoms with van der Waals surface area (Å²) in [5.74, 6) is 0. The Kier molecular flexibility index (Phi) is 3.03. The summed E-state index contributed by atoms with van der Waals surface area (Å²) in [5, 5.41) is 0. The second-order valence-electron chi connectivity index (χ2n) is 3.18. The van der Waals surface area contributed by atoms with E-state index in [1.54, 1.807) is 0 Å². The Bertz CT molecular complexity index is 134. The summed E-state index contributed by atoms with van der Waals surface area (Å²) in [6, 6.07) is 0. The van der Waals surface area contributed by atoms with Gasteiger partial charge in [-0.05, 0) is 0 Å². The first-order valence-corrected chi connectivity index (χ1v) is 6.93. The van der Waals surface area contributed by atoms with Gasteiger partial charge in [0.1, 0.15) is 0 Å². The van der Waals surface area contributed by atoms with Gasteiger partial charge in [0.05, 0.1) is 0 Å². The minimum absolute atomic E-state index is 0.278. The van der Waals surface area contributed by atoms with Gasteiger partial charge < -0.3 is 0 Å². The van der Waals surface area contributed by atoms with Gasteiger partial charge in [0.2, 0.25) is 0 Å². The molecule has 0 spiro atoms. The van der Waals surface area contributed by atoms with Crippen molar-refractivity contribution in [1.29, 1.82) is 0 Å². The number of hydrogen-bond donors (Lipinski definition) is 0.